The van der Waals surface area contributed by atoms with Crippen molar-refractivity contribution in [3.63, 3.8) is 0 Å². The number of urea groups is 1. The first kappa shape index (κ1) is 18.1. The smallest absolute Gasteiger partial charge is 0.321 e. The zero-order chi connectivity index (χ0) is 18.4. The van der Waals surface area contributed by atoms with Crippen molar-refractivity contribution in [1.82, 2.24) is 15.5 Å². The number of benzene rings is 2. The Balaban J connectivity index is 1.44. The minimum atomic E-state index is -0.484. The molecule has 2 atom stereocenters. The number of rotatable bonds is 5. The van der Waals surface area contributed by atoms with Crippen LogP contribution in [-0.4, -0.2) is 42.5 Å². The molecule has 0 unspecified atom stereocenters. The second kappa shape index (κ2) is 8.60. The molecule has 1 heterocycles. The number of carbonyl (C=O) groups is 2. The van der Waals surface area contributed by atoms with E-state index in [1.807, 2.05) is 53.4 Å². The first-order chi connectivity index (χ1) is 12.6. The zero-order valence-electron chi connectivity index (χ0n) is 14.6. The number of likely N-dealkylation sites (tertiary alicyclic amines) is 1. The Morgan fingerprint density at radius 3 is 2.35 bits per heavy atom. The van der Waals surface area contributed by atoms with Crippen LogP contribution in [0, 0.1) is 0 Å². The maximum atomic E-state index is 12.1. The summed E-state index contributed by atoms with van der Waals surface area (Å²) in [4.78, 5) is 26.0. The fourth-order valence-corrected chi connectivity index (χ4v) is 3.29. The summed E-state index contributed by atoms with van der Waals surface area (Å²) >= 11 is 0. The molecule has 4 N–H and O–H groups in total. The molecule has 1 aliphatic rings. The summed E-state index contributed by atoms with van der Waals surface area (Å²) in [5, 5.41) is 5.06. The standard InChI is InChI=1S/C20H24N4O2/c21-18-13-24(12-17(18)16-9-5-2-6-10-16)14-19(25)23-20(26)22-11-15-7-3-1-4-8-15/h1-10,17-18H,11-14,21H2,(H2,22,23,25,26)/t17-,18+/m0/s1. The van der Waals surface area contributed by atoms with Crippen LogP contribution in [0.3, 0.4) is 0 Å². The van der Waals surface area contributed by atoms with Crippen molar-refractivity contribution in [3.8, 4) is 0 Å². The summed E-state index contributed by atoms with van der Waals surface area (Å²) in [5.41, 5.74) is 8.40. The molecule has 1 saturated heterocycles. The number of nitrogens with zero attached hydrogens (tertiary/aromatic N) is 1. The molecule has 3 amide bonds. The average Bonchev–Trinajstić information content (AvgIpc) is 3.01. The van der Waals surface area contributed by atoms with Gasteiger partial charge in [0.25, 0.3) is 0 Å². The minimum absolute atomic E-state index is 0.0166. The van der Waals surface area contributed by atoms with Crippen molar-refractivity contribution in [1.29, 1.82) is 0 Å². The first-order valence-electron chi connectivity index (χ1n) is 8.76. The van der Waals surface area contributed by atoms with Gasteiger partial charge in [0.15, 0.2) is 0 Å². The van der Waals surface area contributed by atoms with Gasteiger partial charge in [-0.2, -0.15) is 0 Å². The second-order valence-corrected chi connectivity index (χ2v) is 6.59. The van der Waals surface area contributed by atoms with Gasteiger partial charge in [0.2, 0.25) is 5.91 Å². The lowest BCUT2D eigenvalue weighted by atomic mass is 9.95. The van der Waals surface area contributed by atoms with Crippen LogP contribution in [0.25, 0.3) is 0 Å². The van der Waals surface area contributed by atoms with E-state index < -0.39 is 6.03 Å². The molecule has 2 aromatic carbocycles. The van der Waals surface area contributed by atoms with Gasteiger partial charge in [-0.25, -0.2) is 4.79 Å². The Hall–Kier alpha value is -2.70. The molecule has 0 saturated carbocycles. The Morgan fingerprint density at radius 1 is 1.00 bits per heavy atom. The molecule has 136 valence electrons. The van der Waals surface area contributed by atoms with Gasteiger partial charge in [-0.3, -0.25) is 15.0 Å². The van der Waals surface area contributed by atoms with E-state index in [0.717, 1.165) is 5.56 Å². The highest BCUT2D eigenvalue weighted by Gasteiger charge is 2.32. The number of nitrogens with two attached hydrogens (primary N) is 1. The molecule has 2 aromatic rings. The molecule has 26 heavy (non-hydrogen) atoms. The van der Waals surface area contributed by atoms with Gasteiger partial charge in [0, 0.05) is 31.6 Å². The molecule has 0 radical (unpaired) electrons. The lowest BCUT2D eigenvalue weighted by molar-refractivity contribution is -0.120. The van der Waals surface area contributed by atoms with E-state index in [9.17, 15) is 9.59 Å². The largest absolute Gasteiger partial charge is 0.334 e. The number of hydrogen-bond donors (Lipinski definition) is 3. The second-order valence-electron chi connectivity index (χ2n) is 6.59. The monoisotopic (exact) mass is 352 g/mol. The van der Waals surface area contributed by atoms with Crippen molar-refractivity contribution in [3.05, 3.63) is 71.8 Å². The highest BCUT2D eigenvalue weighted by atomic mass is 16.2. The maximum absolute atomic E-state index is 12.1. The van der Waals surface area contributed by atoms with Crippen LogP contribution < -0.4 is 16.4 Å². The molecule has 0 spiro atoms. The predicted molar refractivity (Wildman–Crippen MR) is 100 cm³/mol. The molecule has 0 bridgehead atoms. The summed E-state index contributed by atoms with van der Waals surface area (Å²) in [5.74, 6) is -0.118. The maximum Gasteiger partial charge on any atom is 0.321 e. The van der Waals surface area contributed by atoms with Gasteiger partial charge in [-0.15, -0.1) is 0 Å². The van der Waals surface area contributed by atoms with Gasteiger partial charge in [-0.1, -0.05) is 60.7 Å². The third-order valence-electron chi connectivity index (χ3n) is 4.58. The van der Waals surface area contributed by atoms with E-state index in [1.165, 1.54) is 5.56 Å². The van der Waals surface area contributed by atoms with Crippen LogP contribution in [0.4, 0.5) is 4.79 Å². The Kier molecular flexibility index (Phi) is 5.99. The Bertz CT molecular complexity index is 736. The zero-order valence-corrected chi connectivity index (χ0v) is 14.6. The molecule has 0 aromatic heterocycles. The van der Waals surface area contributed by atoms with Gasteiger partial charge < -0.3 is 11.1 Å². The molecule has 0 aliphatic carbocycles. The van der Waals surface area contributed by atoms with E-state index in [0.29, 0.717) is 19.6 Å². The van der Waals surface area contributed by atoms with E-state index in [-0.39, 0.29) is 24.4 Å². The van der Waals surface area contributed by atoms with E-state index >= 15 is 0 Å². The Morgan fingerprint density at radius 2 is 1.65 bits per heavy atom. The van der Waals surface area contributed by atoms with Gasteiger partial charge in [-0.05, 0) is 11.1 Å². The average molecular weight is 352 g/mol. The first-order valence-corrected chi connectivity index (χ1v) is 8.76. The van der Waals surface area contributed by atoms with Crippen LogP contribution in [0.5, 0.6) is 0 Å². The number of nitrogens with one attached hydrogen (secondary N) is 2. The lowest BCUT2D eigenvalue weighted by Crippen LogP contribution is -2.44. The van der Waals surface area contributed by atoms with Gasteiger partial charge in [0.05, 0.1) is 6.54 Å². The molecular formula is C20H24N4O2. The number of amides is 3. The quantitative estimate of drug-likeness (QED) is 0.760. The topological polar surface area (TPSA) is 87.5 Å². The van der Waals surface area contributed by atoms with Crippen LogP contribution in [0.1, 0.15) is 17.0 Å². The van der Waals surface area contributed by atoms with Crippen molar-refractivity contribution in [2.45, 2.75) is 18.5 Å². The van der Waals surface area contributed by atoms with E-state index in [1.54, 1.807) is 0 Å². The van der Waals surface area contributed by atoms with Gasteiger partial charge in [0.1, 0.15) is 0 Å². The summed E-state index contributed by atoms with van der Waals surface area (Å²) in [7, 11) is 0. The van der Waals surface area contributed by atoms with Crippen LogP contribution in [-0.2, 0) is 11.3 Å². The normalized spacial score (nSPS) is 19.9. The van der Waals surface area contributed by atoms with Crippen LogP contribution in [0.2, 0.25) is 0 Å². The third-order valence-corrected chi connectivity index (χ3v) is 4.58. The van der Waals surface area contributed by atoms with Crippen molar-refractivity contribution in [2.75, 3.05) is 19.6 Å². The number of carbonyl (C=O) groups excluding carboxylic acids is 2. The van der Waals surface area contributed by atoms with E-state index in [4.69, 9.17) is 5.73 Å². The van der Waals surface area contributed by atoms with Crippen molar-refractivity contribution >= 4 is 11.9 Å². The molecule has 6 nitrogen and oxygen atoms in total. The predicted octanol–water partition coefficient (Wildman–Crippen LogP) is 1.44. The highest BCUT2D eigenvalue weighted by Crippen LogP contribution is 2.25. The molecular weight excluding hydrogens is 328 g/mol. The fourth-order valence-electron chi connectivity index (χ4n) is 3.29. The summed E-state index contributed by atoms with van der Waals surface area (Å²) in [6.45, 7) is 1.89. The van der Waals surface area contributed by atoms with Crippen LogP contribution in [0.15, 0.2) is 60.7 Å². The number of imide groups is 1. The highest BCUT2D eigenvalue weighted by molar-refractivity contribution is 5.95. The van der Waals surface area contributed by atoms with E-state index in [2.05, 4.69) is 22.8 Å². The minimum Gasteiger partial charge on any atom is -0.334 e. The molecule has 3 rings (SSSR count). The number of hydrogen-bond acceptors (Lipinski definition) is 4. The molecule has 6 heteroatoms. The van der Waals surface area contributed by atoms with Crippen molar-refractivity contribution < 1.29 is 9.59 Å². The SMILES string of the molecule is N[C@@H]1CN(CC(=O)NC(=O)NCc2ccccc2)C[C@H]1c1ccccc1. The third kappa shape index (κ3) is 4.91. The van der Waals surface area contributed by atoms with Gasteiger partial charge >= 0.3 is 6.03 Å². The summed E-state index contributed by atoms with van der Waals surface area (Å²) in [6.07, 6.45) is 0. The van der Waals surface area contributed by atoms with Crippen molar-refractivity contribution in [2.24, 2.45) is 5.73 Å². The summed E-state index contributed by atoms with van der Waals surface area (Å²) in [6, 6.07) is 19.1. The lowest BCUT2D eigenvalue weighted by Gasteiger charge is -2.15. The molecule has 1 aliphatic heterocycles. The summed E-state index contributed by atoms with van der Waals surface area (Å²) < 4.78 is 0. The fraction of sp³-hybridized carbons (Fsp3) is 0.300. The van der Waals surface area contributed by atoms with Crippen LogP contribution >= 0.6 is 0 Å². The molecule has 1 fully saturated rings. The Labute approximate surface area is 153 Å².